The highest BCUT2D eigenvalue weighted by molar-refractivity contribution is 6.30. The lowest BCUT2D eigenvalue weighted by molar-refractivity contribution is 0.476. The van der Waals surface area contributed by atoms with E-state index in [1.165, 1.54) is 6.20 Å². The van der Waals surface area contributed by atoms with E-state index in [2.05, 4.69) is 15.2 Å². The molecule has 1 N–H and O–H groups in total. The fourth-order valence-electron chi connectivity index (χ4n) is 1.41. The molecule has 0 bridgehead atoms. The molecule has 0 aliphatic rings. The largest absolute Gasteiger partial charge is 0.506 e. The number of aromatic nitrogens is 1. The number of hydrogen-bond donors (Lipinski definition) is 1. The van der Waals surface area contributed by atoms with Crippen molar-refractivity contribution in [3.05, 3.63) is 41.6 Å². The number of hydrogen-bond acceptors (Lipinski definition) is 5. The van der Waals surface area contributed by atoms with E-state index in [4.69, 9.17) is 11.6 Å². The maximum atomic E-state index is 9.84. The van der Waals surface area contributed by atoms with Gasteiger partial charge in [-0.1, -0.05) is 11.6 Å². The van der Waals surface area contributed by atoms with Crippen molar-refractivity contribution in [2.24, 2.45) is 10.2 Å². The Morgan fingerprint density at radius 1 is 1.16 bits per heavy atom. The second kappa shape index (κ2) is 5.67. The molecule has 2 aromatic rings. The van der Waals surface area contributed by atoms with E-state index in [0.29, 0.717) is 16.5 Å². The van der Waals surface area contributed by atoms with Crippen molar-refractivity contribution in [2.75, 3.05) is 19.0 Å². The minimum Gasteiger partial charge on any atom is -0.506 e. The van der Waals surface area contributed by atoms with Gasteiger partial charge in [-0.25, -0.2) is 4.98 Å². The lowest BCUT2D eigenvalue weighted by atomic mass is 10.2. The van der Waals surface area contributed by atoms with Gasteiger partial charge in [0.1, 0.15) is 11.4 Å². The summed E-state index contributed by atoms with van der Waals surface area (Å²) in [4.78, 5) is 5.88. The molecule has 0 aliphatic carbocycles. The Balaban J connectivity index is 2.21. The van der Waals surface area contributed by atoms with Crippen molar-refractivity contribution in [1.82, 2.24) is 4.98 Å². The topological polar surface area (TPSA) is 61.1 Å². The third-order valence-electron chi connectivity index (χ3n) is 2.45. The van der Waals surface area contributed by atoms with E-state index >= 15 is 0 Å². The summed E-state index contributed by atoms with van der Waals surface area (Å²) >= 11 is 5.72. The van der Waals surface area contributed by atoms with Crippen LogP contribution in [0.2, 0.25) is 5.02 Å². The van der Waals surface area contributed by atoms with E-state index in [1.54, 1.807) is 24.3 Å². The van der Waals surface area contributed by atoms with Crippen LogP contribution in [0.4, 0.5) is 17.2 Å². The first kappa shape index (κ1) is 13.3. The molecule has 0 spiro atoms. The molecule has 0 saturated carbocycles. The number of rotatable bonds is 3. The number of phenolic OH excluding ortho intramolecular Hbond substituents is 1. The molecule has 6 heteroatoms. The monoisotopic (exact) mass is 276 g/mol. The minimum atomic E-state index is 0.0731. The van der Waals surface area contributed by atoms with Crippen molar-refractivity contribution >= 4 is 28.8 Å². The Hall–Kier alpha value is -2.14. The summed E-state index contributed by atoms with van der Waals surface area (Å²) in [6.07, 6.45) is 1.49. The molecule has 0 saturated heterocycles. The fraction of sp³-hybridized carbons (Fsp3) is 0.154. The predicted molar refractivity (Wildman–Crippen MR) is 75.9 cm³/mol. The zero-order valence-electron chi connectivity index (χ0n) is 10.6. The number of halogens is 1. The molecule has 0 aliphatic heterocycles. The van der Waals surface area contributed by atoms with Crippen LogP contribution in [0.3, 0.4) is 0 Å². The molecule has 0 radical (unpaired) electrons. The average Bonchev–Trinajstić information content (AvgIpc) is 2.39. The number of nitrogens with zero attached hydrogens (tertiary/aromatic N) is 4. The first-order valence-corrected chi connectivity index (χ1v) is 5.97. The van der Waals surface area contributed by atoms with E-state index in [-0.39, 0.29) is 5.75 Å². The standard InChI is InChI=1S/C13H13ClN4O/c1-18(2)10-4-5-11(12(19)7-10)16-17-13-6-3-9(14)8-15-13/h3-8,19H,1-2H3. The maximum absolute atomic E-state index is 9.84. The van der Waals surface area contributed by atoms with Crippen LogP contribution in [0.25, 0.3) is 0 Å². The summed E-state index contributed by atoms with van der Waals surface area (Å²) in [6, 6.07) is 8.51. The third kappa shape index (κ3) is 3.42. The van der Waals surface area contributed by atoms with Crippen molar-refractivity contribution in [2.45, 2.75) is 0 Å². The fourth-order valence-corrected chi connectivity index (χ4v) is 1.52. The second-order valence-corrected chi connectivity index (χ2v) is 4.54. The molecular weight excluding hydrogens is 264 g/mol. The molecule has 1 aromatic carbocycles. The van der Waals surface area contributed by atoms with Crippen LogP contribution in [0.15, 0.2) is 46.8 Å². The predicted octanol–water partition coefficient (Wildman–Crippen LogP) is 3.92. The van der Waals surface area contributed by atoms with Crippen LogP contribution >= 0.6 is 11.6 Å². The van der Waals surface area contributed by atoms with Crippen LogP contribution < -0.4 is 4.90 Å². The maximum Gasteiger partial charge on any atom is 0.174 e. The number of benzene rings is 1. The van der Waals surface area contributed by atoms with Crippen LogP contribution in [0.1, 0.15) is 0 Å². The van der Waals surface area contributed by atoms with Crippen LogP contribution in [0.5, 0.6) is 5.75 Å². The van der Waals surface area contributed by atoms with E-state index in [0.717, 1.165) is 5.69 Å². The quantitative estimate of drug-likeness (QED) is 0.864. The van der Waals surface area contributed by atoms with Crippen molar-refractivity contribution in [3.63, 3.8) is 0 Å². The van der Waals surface area contributed by atoms with Gasteiger partial charge in [-0.05, 0) is 24.3 Å². The van der Waals surface area contributed by atoms with Gasteiger partial charge in [0.25, 0.3) is 0 Å². The average molecular weight is 277 g/mol. The molecule has 0 unspecified atom stereocenters. The van der Waals surface area contributed by atoms with Gasteiger partial charge in [0.2, 0.25) is 0 Å². The number of pyridine rings is 1. The number of anilines is 1. The highest BCUT2D eigenvalue weighted by Gasteiger charge is 2.03. The first-order valence-electron chi connectivity index (χ1n) is 5.60. The Bertz CT molecular complexity index is 596. The Labute approximate surface area is 116 Å². The van der Waals surface area contributed by atoms with Gasteiger partial charge in [-0.3, -0.25) is 0 Å². The first-order chi connectivity index (χ1) is 9.06. The Kier molecular flexibility index (Phi) is 3.97. The molecule has 19 heavy (non-hydrogen) atoms. The summed E-state index contributed by atoms with van der Waals surface area (Å²) in [5, 5.41) is 18.3. The van der Waals surface area contributed by atoms with Crippen molar-refractivity contribution in [1.29, 1.82) is 0 Å². The van der Waals surface area contributed by atoms with Crippen molar-refractivity contribution in [3.8, 4) is 5.75 Å². The van der Waals surface area contributed by atoms with Gasteiger partial charge in [-0.15, -0.1) is 10.2 Å². The lowest BCUT2D eigenvalue weighted by Gasteiger charge is -2.12. The van der Waals surface area contributed by atoms with Gasteiger partial charge in [0.15, 0.2) is 5.82 Å². The van der Waals surface area contributed by atoms with Crippen molar-refractivity contribution < 1.29 is 5.11 Å². The van der Waals surface area contributed by atoms with Gasteiger partial charge in [0, 0.05) is 32.0 Å². The van der Waals surface area contributed by atoms with Gasteiger partial charge in [0.05, 0.1) is 5.02 Å². The number of phenols is 1. The molecule has 1 heterocycles. The van der Waals surface area contributed by atoms with Gasteiger partial charge in [-0.2, -0.15) is 0 Å². The summed E-state index contributed by atoms with van der Waals surface area (Å²) in [5.74, 6) is 0.504. The zero-order chi connectivity index (χ0) is 13.8. The molecule has 0 fully saturated rings. The Morgan fingerprint density at radius 3 is 2.53 bits per heavy atom. The van der Waals surface area contributed by atoms with Crippen LogP contribution in [-0.4, -0.2) is 24.2 Å². The molecule has 0 atom stereocenters. The molecule has 0 amide bonds. The van der Waals surface area contributed by atoms with Crippen LogP contribution in [0, 0.1) is 0 Å². The highest BCUT2D eigenvalue weighted by Crippen LogP contribution is 2.31. The van der Waals surface area contributed by atoms with E-state index < -0.39 is 0 Å². The van der Waals surface area contributed by atoms with E-state index in [1.807, 2.05) is 25.1 Å². The lowest BCUT2D eigenvalue weighted by Crippen LogP contribution is -2.07. The SMILES string of the molecule is CN(C)c1ccc(N=Nc2ccc(Cl)cn2)c(O)c1. The summed E-state index contributed by atoms with van der Waals surface area (Å²) in [7, 11) is 3.79. The number of azo groups is 1. The normalized spacial score (nSPS) is 10.9. The molecule has 2 rings (SSSR count). The smallest absolute Gasteiger partial charge is 0.174 e. The summed E-state index contributed by atoms with van der Waals surface area (Å²) in [6.45, 7) is 0. The van der Waals surface area contributed by atoms with E-state index in [9.17, 15) is 5.11 Å². The molecular formula is C13H13ClN4O. The highest BCUT2D eigenvalue weighted by atomic mass is 35.5. The minimum absolute atomic E-state index is 0.0731. The second-order valence-electron chi connectivity index (χ2n) is 4.10. The third-order valence-corrected chi connectivity index (χ3v) is 2.67. The molecule has 98 valence electrons. The van der Waals surface area contributed by atoms with Gasteiger partial charge >= 0.3 is 0 Å². The summed E-state index contributed by atoms with van der Waals surface area (Å²) in [5.41, 5.74) is 1.28. The summed E-state index contributed by atoms with van der Waals surface area (Å²) < 4.78 is 0. The van der Waals surface area contributed by atoms with Crippen LogP contribution in [-0.2, 0) is 0 Å². The molecule has 1 aromatic heterocycles. The Morgan fingerprint density at radius 2 is 1.95 bits per heavy atom. The number of aromatic hydroxyl groups is 1. The zero-order valence-corrected chi connectivity index (χ0v) is 11.3. The molecule has 5 nitrogen and oxygen atoms in total. The van der Waals surface area contributed by atoms with Gasteiger partial charge < -0.3 is 10.0 Å².